The third-order valence-corrected chi connectivity index (χ3v) is 4.45. The number of nitrogens with two attached hydrogens (primary N) is 1. The molecule has 2 aromatic rings. The number of hydrogen-bond acceptors (Lipinski definition) is 3. The highest BCUT2D eigenvalue weighted by atomic mass is 19.4. The first-order valence-corrected chi connectivity index (χ1v) is 7.89. The standard InChI is InChI=1S/C17H18F6N2O/c1-3-8(2)13(24)15(26)10-7-12(17(21,22)23)25-14-9(10)5-4-6-11(14)16(18,19)20/h4-8,13,15,26H,3,24H2,1-2H3/t8-,13-,15-/m0/s1. The predicted octanol–water partition coefficient (Wildman–Crippen LogP) is 4.68. The van der Waals surface area contributed by atoms with Crippen molar-refractivity contribution in [2.45, 2.75) is 44.8 Å². The quantitative estimate of drug-likeness (QED) is 0.758. The largest absolute Gasteiger partial charge is 0.433 e. The number of halogens is 6. The fraction of sp³-hybridized carbons (Fsp3) is 0.471. The fourth-order valence-electron chi connectivity index (χ4n) is 2.68. The Morgan fingerprint density at radius 2 is 1.73 bits per heavy atom. The number of benzene rings is 1. The molecule has 9 heteroatoms. The molecule has 1 aromatic carbocycles. The van der Waals surface area contributed by atoms with E-state index >= 15 is 0 Å². The molecule has 0 saturated carbocycles. The lowest BCUT2D eigenvalue weighted by Crippen LogP contribution is -2.35. The van der Waals surface area contributed by atoms with Crippen molar-refractivity contribution in [1.29, 1.82) is 0 Å². The SMILES string of the molecule is CC[C@H](C)[C@H](N)[C@@H](O)c1cc(C(F)(F)F)nc2c(C(F)(F)F)cccc12. The highest BCUT2D eigenvalue weighted by molar-refractivity contribution is 5.86. The number of rotatable bonds is 4. The van der Waals surface area contributed by atoms with Crippen molar-refractivity contribution in [3.63, 3.8) is 0 Å². The Morgan fingerprint density at radius 1 is 1.12 bits per heavy atom. The van der Waals surface area contributed by atoms with Gasteiger partial charge in [-0.15, -0.1) is 0 Å². The van der Waals surface area contributed by atoms with E-state index in [9.17, 15) is 31.4 Å². The summed E-state index contributed by atoms with van der Waals surface area (Å²) < 4.78 is 79.1. The number of nitrogens with zero attached hydrogens (tertiary/aromatic N) is 1. The molecule has 26 heavy (non-hydrogen) atoms. The number of hydrogen-bond donors (Lipinski definition) is 2. The van der Waals surface area contributed by atoms with E-state index in [1.54, 1.807) is 13.8 Å². The number of aliphatic hydroxyl groups excluding tert-OH is 1. The van der Waals surface area contributed by atoms with Crippen LogP contribution in [0.2, 0.25) is 0 Å². The molecule has 3 nitrogen and oxygen atoms in total. The van der Waals surface area contributed by atoms with Gasteiger partial charge in [-0.25, -0.2) is 4.98 Å². The van der Waals surface area contributed by atoms with Gasteiger partial charge in [0.05, 0.1) is 17.2 Å². The monoisotopic (exact) mass is 380 g/mol. The van der Waals surface area contributed by atoms with Gasteiger partial charge in [0.15, 0.2) is 0 Å². The van der Waals surface area contributed by atoms with E-state index in [2.05, 4.69) is 4.98 Å². The molecule has 0 amide bonds. The van der Waals surface area contributed by atoms with Crippen LogP contribution in [0, 0.1) is 5.92 Å². The van der Waals surface area contributed by atoms with E-state index in [0.717, 1.165) is 6.07 Å². The van der Waals surface area contributed by atoms with Crippen LogP contribution in [0.4, 0.5) is 26.3 Å². The van der Waals surface area contributed by atoms with Crippen molar-refractivity contribution in [3.8, 4) is 0 Å². The van der Waals surface area contributed by atoms with E-state index in [0.29, 0.717) is 18.6 Å². The molecule has 1 heterocycles. The second-order valence-corrected chi connectivity index (χ2v) is 6.20. The van der Waals surface area contributed by atoms with E-state index in [1.165, 1.54) is 6.07 Å². The van der Waals surface area contributed by atoms with Crippen LogP contribution in [0.1, 0.15) is 43.2 Å². The van der Waals surface area contributed by atoms with Gasteiger partial charge >= 0.3 is 12.4 Å². The Hall–Kier alpha value is -1.87. The van der Waals surface area contributed by atoms with Gasteiger partial charge < -0.3 is 10.8 Å². The van der Waals surface area contributed by atoms with Crippen molar-refractivity contribution < 1.29 is 31.4 Å². The molecule has 0 saturated heterocycles. The van der Waals surface area contributed by atoms with E-state index in [-0.39, 0.29) is 16.9 Å². The number of aromatic nitrogens is 1. The maximum atomic E-state index is 13.2. The number of para-hydroxylation sites is 1. The third-order valence-electron chi connectivity index (χ3n) is 4.45. The predicted molar refractivity (Wildman–Crippen MR) is 84.1 cm³/mol. The van der Waals surface area contributed by atoms with Crippen LogP contribution >= 0.6 is 0 Å². The molecule has 2 rings (SSSR count). The lowest BCUT2D eigenvalue weighted by molar-refractivity contribution is -0.142. The molecule has 3 atom stereocenters. The van der Waals surface area contributed by atoms with Crippen molar-refractivity contribution in [2.75, 3.05) is 0 Å². The summed E-state index contributed by atoms with van der Waals surface area (Å²) in [7, 11) is 0. The first-order valence-electron chi connectivity index (χ1n) is 7.89. The van der Waals surface area contributed by atoms with Crippen molar-refractivity contribution >= 4 is 10.9 Å². The van der Waals surface area contributed by atoms with Crippen LogP contribution < -0.4 is 5.73 Å². The normalized spacial score (nSPS) is 16.5. The van der Waals surface area contributed by atoms with Crippen LogP contribution in [0.3, 0.4) is 0 Å². The minimum atomic E-state index is -4.97. The summed E-state index contributed by atoms with van der Waals surface area (Å²) in [5.41, 5.74) is 1.92. The van der Waals surface area contributed by atoms with Crippen LogP contribution in [0.5, 0.6) is 0 Å². The average molecular weight is 380 g/mol. The van der Waals surface area contributed by atoms with Gasteiger partial charge in [0.25, 0.3) is 0 Å². The smallest absolute Gasteiger partial charge is 0.387 e. The van der Waals surface area contributed by atoms with Gasteiger partial charge in [0.2, 0.25) is 0 Å². The maximum Gasteiger partial charge on any atom is 0.433 e. The summed E-state index contributed by atoms with van der Waals surface area (Å²) in [5.74, 6) is -0.256. The number of aliphatic hydroxyl groups is 1. The molecule has 0 spiro atoms. The Kier molecular flexibility index (Phi) is 5.53. The van der Waals surface area contributed by atoms with Crippen LogP contribution in [0.15, 0.2) is 24.3 Å². The molecule has 0 radical (unpaired) electrons. The zero-order valence-electron chi connectivity index (χ0n) is 14.0. The van der Waals surface area contributed by atoms with Gasteiger partial charge in [-0.3, -0.25) is 0 Å². The second kappa shape index (κ2) is 7.03. The van der Waals surface area contributed by atoms with Gasteiger partial charge in [-0.1, -0.05) is 32.4 Å². The topological polar surface area (TPSA) is 59.1 Å². The maximum absolute atomic E-state index is 13.2. The highest BCUT2D eigenvalue weighted by Crippen LogP contribution is 2.39. The highest BCUT2D eigenvalue weighted by Gasteiger charge is 2.38. The van der Waals surface area contributed by atoms with Crippen LogP contribution in [-0.2, 0) is 12.4 Å². The molecular weight excluding hydrogens is 362 g/mol. The Labute approximate surface area is 145 Å². The minimum Gasteiger partial charge on any atom is -0.387 e. The van der Waals surface area contributed by atoms with E-state index in [4.69, 9.17) is 5.73 Å². The minimum absolute atomic E-state index is 0.209. The molecular formula is C17H18F6N2O. The van der Waals surface area contributed by atoms with Crippen molar-refractivity contribution in [2.24, 2.45) is 11.7 Å². The van der Waals surface area contributed by atoms with E-state index in [1.807, 2.05) is 0 Å². The summed E-state index contributed by atoms with van der Waals surface area (Å²) in [5, 5.41) is 10.3. The van der Waals surface area contributed by atoms with Crippen LogP contribution in [-0.4, -0.2) is 16.1 Å². The zero-order chi connectivity index (χ0) is 19.9. The molecule has 0 unspecified atom stereocenters. The number of alkyl halides is 6. The van der Waals surface area contributed by atoms with Gasteiger partial charge in [-0.2, -0.15) is 26.3 Å². The molecule has 144 valence electrons. The molecule has 0 aliphatic heterocycles. The van der Waals surface area contributed by atoms with Crippen molar-refractivity contribution in [1.82, 2.24) is 4.98 Å². The third kappa shape index (κ3) is 3.93. The summed E-state index contributed by atoms with van der Waals surface area (Å²) >= 11 is 0. The summed E-state index contributed by atoms with van der Waals surface area (Å²) in [4.78, 5) is 3.18. The van der Waals surface area contributed by atoms with Gasteiger partial charge in [0.1, 0.15) is 5.69 Å². The van der Waals surface area contributed by atoms with Gasteiger partial charge in [0, 0.05) is 11.4 Å². The number of pyridine rings is 1. The Morgan fingerprint density at radius 3 is 2.23 bits per heavy atom. The van der Waals surface area contributed by atoms with Gasteiger partial charge in [-0.05, 0) is 23.6 Å². The first-order chi connectivity index (χ1) is 11.9. The molecule has 0 fully saturated rings. The van der Waals surface area contributed by atoms with Crippen molar-refractivity contribution in [3.05, 3.63) is 41.1 Å². The second-order valence-electron chi connectivity index (χ2n) is 6.20. The fourth-order valence-corrected chi connectivity index (χ4v) is 2.68. The lowest BCUT2D eigenvalue weighted by atomic mass is 9.89. The zero-order valence-corrected chi connectivity index (χ0v) is 14.0. The summed E-state index contributed by atoms with van der Waals surface area (Å²) in [6, 6.07) is 2.53. The van der Waals surface area contributed by atoms with E-state index < -0.39 is 41.3 Å². The Bertz CT molecular complexity index is 787. The number of fused-ring (bicyclic) bond motifs is 1. The average Bonchev–Trinajstić information content (AvgIpc) is 2.56. The molecule has 3 N–H and O–H groups in total. The van der Waals surface area contributed by atoms with Crippen LogP contribution in [0.25, 0.3) is 10.9 Å². The molecule has 0 bridgehead atoms. The lowest BCUT2D eigenvalue weighted by Gasteiger charge is -2.26. The first kappa shape index (κ1) is 20.4. The molecule has 0 aliphatic rings. The summed E-state index contributed by atoms with van der Waals surface area (Å²) in [6.45, 7) is 3.48. The summed E-state index contributed by atoms with van der Waals surface area (Å²) in [6.07, 6.45) is -10.9. The molecule has 1 aromatic heterocycles. The molecule has 0 aliphatic carbocycles. The Balaban J connectivity index is 2.80.